The molecule has 0 saturated heterocycles. The number of fused-ring (bicyclic) bond motifs is 2. The molecule has 4 aromatic carbocycles. The van der Waals surface area contributed by atoms with Crippen LogP contribution >= 0.6 is 0 Å². The fourth-order valence-corrected chi connectivity index (χ4v) is 6.28. The van der Waals surface area contributed by atoms with E-state index in [9.17, 15) is 27.6 Å². The molecular formula is C31H22N2O6S. The van der Waals surface area contributed by atoms with E-state index in [4.69, 9.17) is 0 Å². The lowest BCUT2D eigenvalue weighted by Crippen LogP contribution is -2.29. The molecule has 4 amide bonds. The largest absolute Gasteiger partial charge is 0.277 e. The summed E-state index contributed by atoms with van der Waals surface area (Å²) in [7, 11) is -2.32. The summed E-state index contributed by atoms with van der Waals surface area (Å²) in [6.07, 6.45) is 0.388. The number of nitrogens with zero attached hydrogens (tertiary/aromatic N) is 2. The topological polar surface area (TPSA) is 109 Å². The highest BCUT2D eigenvalue weighted by molar-refractivity contribution is 7.91. The molecule has 2 aliphatic heterocycles. The number of hydrogen-bond donors (Lipinski definition) is 0. The third kappa shape index (κ3) is 3.94. The molecule has 4 aromatic rings. The summed E-state index contributed by atoms with van der Waals surface area (Å²) in [4.78, 5) is 53.3. The van der Waals surface area contributed by atoms with Crippen molar-refractivity contribution in [2.24, 2.45) is 0 Å². The Morgan fingerprint density at radius 3 is 1.60 bits per heavy atom. The molecule has 6 rings (SSSR count). The summed E-state index contributed by atoms with van der Waals surface area (Å²) in [6.45, 7) is 1.87. The van der Waals surface area contributed by atoms with Crippen LogP contribution in [0, 0.1) is 6.92 Å². The van der Waals surface area contributed by atoms with E-state index in [0.29, 0.717) is 17.5 Å². The van der Waals surface area contributed by atoms with E-state index in [-0.39, 0.29) is 38.4 Å². The van der Waals surface area contributed by atoms with Gasteiger partial charge in [0.05, 0.1) is 37.7 Å². The van der Waals surface area contributed by atoms with Crippen LogP contribution < -0.4 is 4.90 Å². The lowest BCUT2D eigenvalue weighted by Gasteiger charge is -2.14. The quantitative estimate of drug-likeness (QED) is 0.340. The molecule has 0 radical (unpaired) electrons. The normalized spacial score (nSPS) is 14.7. The van der Waals surface area contributed by atoms with Crippen LogP contribution in [0.4, 0.5) is 5.69 Å². The Bertz CT molecular complexity index is 1880. The van der Waals surface area contributed by atoms with Crippen molar-refractivity contribution in [2.75, 3.05) is 11.9 Å². The Morgan fingerprint density at radius 1 is 0.575 bits per heavy atom. The van der Waals surface area contributed by atoms with Gasteiger partial charge in [0.1, 0.15) is 0 Å². The minimum absolute atomic E-state index is 0.0553. The number of rotatable bonds is 5. The number of hydrogen-bond acceptors (Lipinski definition) is 6. The van der Waals surface area contributed by atoms with Crippen molar-refractivity contribution in [1.82, 2.24) is 4.90 Å². The molecule has 198 valence electrons. The second-order valence-corrected chi connectivity index (χ2v) is 11.8. The van der Waals surface area contributed by atoms with Crippen molar-refractivity contribution in [3.05, 3.63) is 124 Å². The van der Waals surface area contributed by atoms with E-state index in [1.165, 1.54) is 31.3 Å². The predicted octanol–water partition coefficient (Wildman–Crippen LogP) is 4.45. The minimum atomic E-state index is -3.76. The van der Waals surface area contributed by atoms with Gasteiger partial charge in [-0.2, -0.15) is 0 Å². The Morgan fingerprint density at radius 2 is 1.02 bits per heavy atom. The second-order valence-electron chi connectivity index (χ2n) is 9.86. The number of sulfone groups is 1. The summed E-state index contributed by atoms with van der Waals surface area (Å²) in [6, 6.07) is 22.3. The fourth-order valence-electron chi connectivity index (χ4n) is 5.01. The van der Waals surface area contributed by atoms with Crippen LogP contribution in [-0.4, -0.2) is 44.0 Å². The highest BCUT2D eigenvalue weighted by Crippen LogP contribution is 2.32. The van der Waals surface area contributed by atoms with Gasteiger partial charge in [0.25, 0.3) is 23.6 Å². The van der Waals surface area contributed by atoms with Gasteiger partial charge in [-0.1, -0.05) is 29.8 Å². The van der Waals surface area contributed by atoms with Crippen molar-refractivity contribution in [3.63, 3.8) is 0 Å². The third-order valence-corrected chi connectivity index (χ3v) is 9.04. The summed E-state index contributed by atoms with van der Waals surface area (Å²) in [5.41, 5.74) is 3.94. The SMILES string of the molecule is Cc1ccc(S(=O)(=O)c2ccc(N3C(=O)c4ccc(Cc5ccc6c(c5)C(=O)N(C)C6=O)cc4C3=O)cc2)cc1. The molecule has 0 spiro atoms. The molecule has 8 nitrogen and oxygen atoms in total. The molecule has 40 heavy (non-hydrogen) atoms. The third-order valence-electron chi connectivity index (χ3n) is 7.25. The van der Waals surface area contributed by atoms with Gasteiger partial charge in [-0.15, -0.1) is 0 Å². The summed E-state index contributed by atoms with van der Waals surface area (Å²) in [5, 5.41) is 0. The number of imide groups is 2. The zero-order chi connectivity index (χ0) is 28.3. The van der Waals surface area contributed by atoms with Gasteiger partial charge in [-0.3, -0.25) is 24.1 Å². The van der Waals surface area contributed by atoms with E-state index >= 15 is 0 Å². The summed E-state index contributed by atoms with van der Waals surface area (Å²) >= 11 is 0. The van der Waals surface area contributed by atoms with Crippen LogP contribution in [-0.2, 0) is 16.3 Å². The van der Waals surface area contributed by atoms with Crippen LogP contribution in [0.15, 0.2) is 94.7 Å². The Labute approximate surface area is 230 Å². The standard InChI is InChI=1S/C31H22N2O6S/c1-18-3-9-22(10-4-18)40(38,39)23-11-7-21(8-12-23)33-30(36)25-14-6-20(17-27(25)31(33)37)15-19-5-13-24-26(16-19)29(35)32(2)28(24)34/h3-14,16-17H,15H2,1-2H3. The maximum absolute atomic E-state index is 13.3. The van der Waals surface area contributed by atoms with Crippen molar-refractivity contribution in [3.8, 4) is 0 Å². The zero-order valence-corrected chi connectivity index (χ0v) is 22.4. The second kappa shape index (κ2) is 9.10. The van der Waals surface area contributed by atoms with Crippen molar-refractivity contribution in [2.45, 2.75) is 23.1 Å². The monoisotopic (exact) mass is 550 g/mol. The van der Waals surface area contributed by atoms with Gasteiger partial charge < -0.3 is 0 Å². The average Bonchev–Trinajstić information content (AvgIpc) is 3.32. The molecule has 0 aromatic heterocycles. The first kappa shape index (κ1) is 25.4. The number of carbonyl (C=O) groups excluding carboxylic acids is 4. The van der Waals surface area contributed by atoms with Crippen molar-refractivity contribution in [1.29, 1.82) is 0 Å². The number of aryl methyl sites for hydroxylation is 1. The minimum Gasteiger partial charge on any atom is -0.277 e. The smallest absolute Gasteiger partial charge is 0.266 e. The maximum atomic E-state index is 13.3. The number of anilines is 1. The number of amides is 4. The Hall–Kier alpha value is -4.89. The zero-order valence-electron chi connectivity index (χ0n) is 21.5. The van der Waals surface area contributed by atoms with Crippen molar-refractivity contribution < 1.29 is 27.6 Å². The lowest BCUT2D eigenvalue weighted by atomic mass is 9.98. The molecule has 0 aliphatic carbocycles. The fraction of sp³-hybridized carbons (Fsp3) is 0.0968. The molecule has 0 saturated carbocycles. The van der Waals surface area contributed by atoms with E-state index in [1.807, 2.05) is 6.92 Å². The predicted molar refractivity (Wildman–Crippen MR) is 146 cm³/mol. The van der Waals surface area contributed by atoms with Crippen LogP contribution in [0.3, 0.4) is 0 Å². The highest BCUT2D eigenvalue weighted by Gasteiger charge is 2.37. The van der Waals surface area contributed by atoms with Gasteiger partial charge >= 0.3 is 0 Å². The van der Waals surface area contributed by atoms with E-state index in [0.717, 1.165) is 26.5 Å². The average molecular weight is 551 g/mol. The summed E-state index contributed by atoms with van der Waals surface area (Å²) in [5.74, 6) is -1.70. The molecule has 2 aliphatic rings. The Balaban J connectivity index is 1.25. The molecule has 9 heteroatoms. The van der Waals surface area contributed by atoms with Gasteiger partial charge in [-0.25, -0.2) is 13.3 Å². The van der Waals surface area contributed by atoms with Crippen LogP contribution in [0.1, 0.15) is 58.1 Å². The number of carbonyl (C=O) groups is 4. The molecule has 0 fully saturated rings. The molecule has 0 atom stereocenters. The first-order chi connectivity index (χ1) is 19.1. The van der Waals surface area contributed by atoms with Crippen LogP contribution in [0.2, 0.25) is 0 Å². The van der Waals surface area contributed by atoms with E-state index < -0.39 is 21.7 Å². The molecule has 0 bridgehead atoms. The Kier molecular flexibility index (Phi) is 5.78. The summed E-state index contributed by atoms with van der Waals surface area (Å²) < 4.78 is 26.0. The van der Waals surface area contributed by atoms with Crippen molar-refractivity contribution >= 4 is 39.2 Å². The first-order valence-corrected chi connectivity index (χ1v) is 13.9. The van der Waals surface area contributed by atoms with E-state index in [2.05, 4.69) is 0 Å². The lowest BCUT2D eigenvalue weighted by molar-refractivity contribution is 0.0692. The molecule has 2 heterocycles. The van der Waals surface area contributed by atoms with Gasteiger partial charge in [0.2, 0.25) is 9.84 Å². The molecule has 0 unspecified atom stereocenters. The maximum Gasteiger partial charge on any atom is 0.266 e. The van der Waals surface area contributed by atoms with Gasteiger partial charge in [-0.05, 0) is 85.1 Å². The highest BCUT2D eigenvalue weighted by atomic mass is 32.2. The van der Waals surface area contributed by atoms with Crippen LogP contribution in [0.25, 0.3) is 0 Å². The van der Waals surface area contributed by atoms with Gasteiger partial charge in [0, 0.05) is 7.05 Å². The van der Waals surface area contributed by atoms with E-state index in [1.54, 1.807) is 60.7 Å². The first-order valence-electron chi connectivity index (χ1n) is 12.4. The molecular weight excluding hydrogens is 528 g/mol. The van der Waals surface area contributed by atoms with Gasteiger partial charge in [0.15, 0.2) is 0 Å². The number of benzene rings is 4. The van der Waals surface area contributed by atoms with Crippen LogP contribution in [0.5, 0.6) is 0 Å². The molecule has 0 N–H and O–H groups in total.